The van der Waals surface area contributed by atoms with Gasteiger partial charge in [0.1, 0.15) is 5.75 Å². The van der Waals surface area contributed by atoms with Gasteiger partial charge in [-0.05, 0) is 29.8 Å². The molecule has 0 bridgehead atoms. The van der Waals surface area contributed by atoms with Crippen molar-refractivity contribution >= 4 is 29.1 Å². The van der Waals surface area contributed by atoms with Crippen molar-refractivity contribution in [3.8, 4) is 5.75 Å². The highest BCUT2D eigenvalue weighted by atomic mass is 35.5. The van der Waals surface area contributed by atoms with Crippen molar-refractivity contribution < 1.29 is 4.74 Å². The second-order valence-electron chi connectivity index (χ2n) is 3.83. The van der Waals surface area contributed by atoms with E-state index in [4.69, 9.17) is 22.1 Å². The highest BCUT2D eigenvalue weighted by Gasteiger charge is 2.04. The van der Waals surface area contributed by atoms with Gasteiger partial charge < -0.3 is 10.5 Å². The van der Waals surface area contributed by atoms with Gasteiger partial charge in [0.15, 0.2) is 0 Å². The molecule has 0 aromatic heterocycles. The molecule has 0 aliphatic heterocycles. The fourth-order valence-electron chi connectivity index (χ4n) is 1.59. The lowest BCUT2D eigenvalue weighted by Crippen LogP contribution is -1.90. The van der Waals surface area contributed by atoms with Gasteiger partial charge in [-0.1, -0.05) is 23.7 Å². The fourth-order valence-corrected chi connectivity index (χ4v) is 2.75. The normalized spacial score (nSPS) is 10.3. The minimum Gasteiger partial charge on any atom is -0.496 e. The molecule has 18 heavy (non-hydrogen) atoms. The summed E-state index contributed by atoms with van der Waals surface area (Å²) >= 11 is 7.66. The fraction of sp³-hybridized carbons (Fsp3) is 0.143. The minimum absolute atomic E-state index is 0.707. The van der Waals surface area contributed by atoms with Crippen LogP contribution in [0.4, 0.5) is 5.69 Å². The lowest BCUT2D eigenvalue weighted by Gasteiger charge is -2.09. The lowest BCUT2D eigenvalue weighted by atomic mass is 10.2. The Bertz CT molecular complexity index is 545. The number of hydrogen-bond donors (Lipinski definition) is 1. The first-order valence-electron chi connectivity index (χ1n) is 5.50. The van der Waals surface area contributed by atoms with Crippen LogP contribution < -0.4 is 10.5 Å². The first kappa shape index (κ1) is 13.1. The van der Waals surface area contributed by atoms with Crippen molar-refractivity contribution in [3.63, 3.8) is 0 Å². The van der Waals surface area contributed by atoms with Gasteiger partial charge in [0.2, 0.25) is 0 Å². The number of rotatable bonds is 4. The van der Waals surface area contributed by atoms with E-state index in [9.17, 15) is 0 Å². The molecule has 0 radical (unpaired) electrons. The van der Waals surface area contributed by atoms with Crippen LogP contribution in [0.1, 0.15) is 5.56 Å². The highest BCUT2D eigenvalue weighted by Crippen LogP contribution is 2.33. The molecule has 0 heterocycles. The summed E-state index contributed by atoms with van der Waals surface area (Å²) in [6.45, 7) is 0. The van der Waals surface area contributed by atoms with Gasteiger partial charge in [0.25, 0.3) is 0 Å². The minimum atomic E-state index is 0.707. The number of nitrogen functional groups attached to an aromatic ring is 1. The molecule has 0 aliphatic carbocycles. The van der Waals surface area contributed by atoms with Gasteiger partial charge in [0, 0.05) is 27.4 Å². The Hall–Kier alpha value is -1.32. The zero-order valence-corrected chi connectivity index (χ0v) is 11.6. The third-order valence-electron chi connectivity index (χ3n) is 2.47. The molecule has 0 amide bonds. The van der Waals surface area contributed by atoms with Crippen LogP contribution in [0.15, 0.2) is 47.4 Å². The number of halogens is 1. The summed E-state index contributed by atoms with van der Waals surface area (Å²) in [7, 11) is 1.65. The largest absolute Gasteiger partial charge is 0.496 e. The van der Waals surface area contributed by atoms with Crippen LogP contribution in [0, 0.1) is 0 Å². The van der Waals surface area contributed by atoms with Crippen LogP contribution in [0.3, 0.4) is 0 Å². The Kier molecular flexibility index (Phi) is 4.39. The number of hydrogen-bond acceptors (Lipinski definition) is 3. The molecule has 2 nitrogen and oxygen atoms in total. The summed E-state index contributed by atoms with van der Waals surface area (Å²) in [5.74, 6) is 1.66. The average Bonchev–Trinajstić information content (AvgIpc) is 2.37. The number of benzene rings is 2. The molecule has 0 fully saturated rings. The summed E-state index contributed by atoms with van der Waals surface area (Å²) < 4.78 is 5.31. The predicted molar refractivity (Wildman–Crippen MR) is 78.4 cm³/mol. The van der Waals surface area contributed by atoms with Gasteiger partial charge in [0.05, 0.1) is 7.11 Å². The van der Waals surface area contributed by atoms with Gasteiger partial charge >= 0.3 is 0 Å². The Morgan fingerprint density at radius 3 is 2.78 bits per heavy atom. The average molecular weight is 280 g/mol. The van der Waals surface area contributed by atoms with Crippen molar-refractivity contribution in [3.05, 3.63) is 53.1 Å². The van der Waals surface area contributed by atoms with Crippen molar-refractivity contribution in [2.45, 2.75) is 10.6 Å². The third kappa shape index (κ3) is 3.34. The van der Waals surface area contributed by atoms with Crippen molar-refractivity contribution in [2.75, 3.05) is 12.8 Å². The van der Waals surface area contributed by atoms with Gasteiger partial charge in [-0.3, -0.25) is 0 Å². The standard InChI is InChI=1S/C14H14ClNOS/c1-17-13-8-12(16)5-6-14(13)18-9-10-3-2-4-11(15)7-10/h2-8H,9,16H2,1H3. The first-order chi connectivity index (χ1) is 8.69. The molecule has 0 saturated heterocycles. The van der Waals surface area contributed by atoms with Crippen molar-refractivity contribution in [1.82, 2.24) is 0 Å². The van der Waals surface area contributed by atoms with Crippen molar-refractivity contribution in [1.29, 1.82) is 0 Å². The number of anilines is 1. The summed E-state index contributed by atoms with van der Waals surface area (Å²) in [4.78, 5) is 1.08. The van der Waals surface area contributed by atoms with E-state index < -0.39 is 0 Å². The van der Waals surface area contributed by atoms with Crippen molar-refractivity contribution in [2.24, 2.45) is 0 Å². The number of thioether (sulfide) groups is 1. The van der Waals surface area contributed by atoms with E-state index in [0.717, 1.165) is 21.4 Å². The van der Waals surface area contributed by atoms with Gasteiger partial charge in [-0.15, -0.1) is 11.8 Å². The summed E-state index contributed by atoms with van der Waals surface area (Å²) in [6.07, 6.45) is 0. The van der Waals surface area contributed by atoms with E-state index in [1.54, 1.807) is 18.9 Å². The Morgan fingerprint density at radius 2 is 2.06 bits per heavy atom. The molecule has 0 atom stereocenters. The molecule has 0 spiro atoms. The smallest absolute Gasteiger partial charge is 0.134 e. The van der Waals surface area contributed by atoms with E-state index in [1.807, 2.05) is 36.4 Å². The third-order valence-corrected chi connectivity index (χ3v) is 3.83. The Morgan fingerprint density at radius 1 is 1.22 bits per heavy atom. The molecule has 2 aromatic rings. The Labute approximate surface area is 116 Å². The molecular weight excluding hydrogens is 266 g/mol. The monoisotopic (exact) mass is 279 g/mol. The van der Waals surface area contributed by atoms with Gasteiger partial charge in [-0.2, -0.15) is 0 Å². The maximum Gasteiger partial charge on any atom is 0.134 e. The molecule has 4 heteroatoms. The summed E-state index contributed by atoms with van der Waals surface area (Å²) in [5.41, 5.74) is 7.62. The maximum absolute atomic E-state index is 5.96. The molecule has 2 aromatic carbocycles. The van der Waals surface area contributed by atoms with Crippen LogP contribution in [-0.4, -0.2) is 7.11 Å². The lowest BCUT2D eigenvalue weighted by molar-refractivity contribution is 0.405. The summed E-state index contributed by atoms with van der Waals surface area (Å²) in [6, 6.07) is 13.5. The van der Waals surface area contributed by atoms with E-state index in [-0.39, 0.29) is 0 Å². The van der Waals surface area contributed by atoms with Crippen LogP contribution in [-0.2, 0) is 5.75 Å². The number of methoxy groups -OCH3 is 1. The molecule has 0 aliphatic rings. The topological polar surface area (TPSA) is 35.2 Å². The van der Waals surface area contributed by atoms with E-state index in [2.05, 4.69) is 6.07 Å². The quantitative estimate of drug-likeness (QED) is 0.672. The van der Waals surface area contributed by atoms with Crippen LogP contribution in [0.2, 0.25) is 5.02 Å². The second-order valence-corrected chi connectivity index (χ2v) is 5.28. The highest BCUT2D eigenvalue weighted by molar-refractivity contribution is 7.98. The second kappa shape index (κ2) is 6.03. The molecule has 0 unspecified atom stereocenters. The zero-order valence-electron chi connectivity index (χ0n) is 10.0. The SMILES string of the molecule is COc1cc(N)ccc1SCc1cccc(Cl)c1. The van der Waals surface area contributed by atoms with E-state index >= 15 is 0 Å². The van der Waals surface area contributed by atoms with Crippen LogP contribution >= 0.6 is 23.4 Å². The van der Waals surface area contributed by atoms with E-state index in [1.165, 1.54) is 5.56 Å². The van der Waals surface area contributed by atoms with Gasteiger partial charge in [-0.25, -0.2) is 0 Å². The number of nitrogens with two attached hydrogens (primary N) is 1. The Balaban J connectivity index is 2.10. The van der Waals surface area contributed by atoms with Crippen LogP contribution in [0.5, 0.6) is 5.75 Å². The maximum atomic E-state index is 5.96. The predicted octanol–water partition coefficient (Wildman–Crippen LogP) is 4.22. The molecule has 2 rings (SSSR count). The zero-order chi connectivity index (χ0) is 13.0. The number of ether oxygens (including phenoxy) is 1. The molecule has 94 valence electrons. The summed E-state index contributed by atoms with van der Waals surface area (Å²) in [5, 5.41) is 0.761. The first-order valence-corrected chi connectivity index (χ1v) is 6.86. The molecule has 2 N–H and O–H groups in total. The molecular formula is C14H14ClNOS. The van der Waals surface area contributed by atoms with E-state index in [0.29, 0.717) is 5.69 Å². The van der Waals surface area contributed by atoms with Crippen LogP contribution in [0.25, 0.3) is 0 Å². The molecule has 0 saturated carbocycles.